The van der Waals surface area contributed by atoms with E-state index in [9.17, 15) is 34.2 Å². The van der Waals surface area contributed by atoms with Crippen LogP contribution in [-0.4, -0.2) is 70.1 Å². The number of carboxylic acid groups (broad SMARTS) is 1. The molecular formula is C23H35N5O7. The molecule has 0 aliphatic heterocycles. The predicted molar refractivity (Wildman–Crippen MR) is 126 cm³/mol. The van der Waals surface area contributed by atoms with Crippen molar-refractivity contribution in [3.05, 3.63) is 35.9 Å². The number of nitrogens with one attached hydrogen (secondary N) is 3. The molecular weight excluding hydrogens is 458 g/mol. The summed E-state index contributed by atoms with van der Waals surface area (Å²) < 4.78 is 0. The lowest BCUT2D eigenvalue weighted by molar-refractivity contribution is -0.143. The fourth-order valence-electron chi connectivity index (χ4n) is 3.19. The standard InChI is InChI=1S/C23H35N5O7/c1-12(2)9-17(23(34)35)28-21(32)16(11-18(24)30)26-20(31)15(10-14-7-5-4-6-8-14)27-22(33)19(25)13(3)29/h4-8,12-13,15-17,19,29H,9-11,25H2,1-3H3,(H2,24,30)(H,26,31)(H,27,33)(H,28,32)(H,34,35). The first-order valence-electron chi connectivity index (χ1n) is 11.2. The summed E-state index contributed by atoms with van der Waals surface area (Å²) in [6.07, 6.45) is -1.63. The van der Waals surface area contributed by atoms with Crippen LogP contribution < -0.4 is 27.4 Å². The molecule has 0 heterocycles. The number of carbonyl (C=O) groups is 5. The van der Waals surface area contributed by atoms with Gasteiger partial charge in [-0.2, -0.15) is 0 Å². The van der Waals surface area contributed by atoms with Crippen molar-refractivity contribution in [2.75, 3.05) is 0 Å². The molecule has 194 valence electrons. The van der Waals surface area contributed by atoms with E-state index in [1.54, 1.807) is 44.2 Å². The molecule has 0 saturated heterocycles. The molecule has 1 rings (SSSR count). The molecule has 1 aromatic rings. The van der Waals surface area contributed by atoms with Crippen LogP contribution in [0.2, 0.25) is 0 Å². The van der Waals surface area contributed by atoms with E-state index < -0.39 is 66.3 Å². The van der Waals surface area contributed by atoms with E-state index in [1.165, 1.54) is 6.92 Å². The molecule has 1 aromatic carbocycles. The van der Waals surface area contributed by atoms with Crippen molar-refractivity contribution in [3.63, 3.8) is 0 Å². The lowest BCUT2D eigenvalue weighted by atomic mass is 10.0. The van der Waals surface area contributed by atoms with Crippen molar-refractivity contribution in [2.45, 2.75) is 70.3 Å². The first-order chi connectivity index (χ1) is 16.3. The zero-order chi connectivity index (χ0) is 26.7. The molecule has 5 atom stereocenters. The molecule has 0 aliphatic carbocycles. The number of primary amides is 1. The van der Waals surface area contributed by atoms with Crippen LogP contribution in [-0.2, 0) is 30.4 Å². The Morgan fingerprint density at radius 1 is 0.857 bits per heavy atom. The largest absolute Gasteiger partial charge is 0.480 e. The van der Waals surface area contributed by atoms with Gasteiger partial charge in [0.25, 0.3) is 0 Å². The Labute approximate surface area is 203 Å². The van der Waals surface area contributed by atoms with Crippen LogP contribution in [0, 0.1) is 5.92 Å². The summed E-state index contributed by atoms with van der Waals surface area (Å²) in [5.41, 5.74) is 11.6. The second-order valence-electron chi connectivity index (χ2n) is 8.78. The van der Waals surface area contributed by atoms with Crippen LogP contribution in [0.5, 0.6) is 0 Å². The Morgan fingerprint density at radius 3 is 1.86 bits per heavy atom. The Kier molecular flexibility index (Phi) is 11.8. The number of amides is 4. The van der Waals surface area contributed by atoms with E-state index in [0.717, 1.165) is 0 Å². The summed E-state index contributed by atoms with van der Waals surface area (Å²) in [5.74, 6) is -4.75. The number of rotatable bonds is 14. The summed E-state index contributed by atoms with van der Waals surface area (Å²) in [6, 6.07) is 3.44. The predicted octanol–water partition coefficient (Wildman–Crippen LogP) is -1.60. The average molecular weight is 494 g/mol. The molecule has 0 bridgehead atoms. The van der Waals surface area contributed by atoms with Gasteiger partial charge in [-0.3, -0.25) is 19.2 Å². The third kappa shape index (κ3) is 10.5. The molecule has 35 heavy (non-hydrogen) atoms. The van der Waals surface area contributed by atoms with E-state index in [1.807, 2.05) is 0 Å². The van der Waals surface area contributed by atoms with E-state index in [4.69, 9.17) is 11.5 Å². The minimum absolute atomic E-state index is 0.0148. The summed E-state index contributed by atoms with van der Waals surface area (Å²) in [7, 11) is 0. The number of hydrogen-bond acceptors (Lipinski definition) is 7. The number of aliphatic carboxylic acids is 1. The molecule has 0 saturated carbocycles. The lowest BCUT2D eigenvalue weighted by Crippen LogP contribution is -2.59. The maximum Gasteiger partial charge on any atom is 0.326 e. The molecule has 12 heteroatoms. The molecule has 0 radical (unpaired) electrons. The first kappa shape index (κ1) is 29.5. The van der Waals surface area contributed by atoms with Gasteiger partial charge in [-0.05, 0) is 24.8 Å². The second kappa shape index (κ2) is 14.0. The maximum atomic E-state index is 13.1. The summed E-state index contributed by atoms with van der Waals surface area (Å²) in [5, 5.41) is 26.1. The normalized spacial score (nSPS) is 15.3. The second-order valence-corrected chi connectivity index (χ2v) is 8.78. The van der Waals surface area contributed by atoms with Gasteiger partial charge in [0.2, 0.25) is 23.6 Å². The molecule has 5 unspecified atom stereocenters. The van der Waals surface area contributed by atoms with Gasteiger partial charge in [0, 0.05) is 6.42 Å². The number of carboxylic acids is 1. The molecule has 0 fully saturated rings. The highest BCUT2D eigenvalue weighted by molar-refractivity contribution is 5.96. The SMILES string of the molecule is CC(C)CC(NC(=O)C(CC(N)=O)NC(=O)C(Cc1ccccc1)NC(=O)C(N)C(C)O)C(=O)O. The van der Waals surface area contributed by atoms with Crippen LogP contribution in [0.25, 0.3) is 0 Å². The minimum atomic E-state index is -1.48. The Morgan fingerprint density at radius 2 is 1.37 bits per heavy atom. The number of hydrogen-bond donors (Lipinski definition) is 7. The zero-order valence-electron chi connectivity index (χ0n) is 20.1. The highest BCUT2D eigenvalue weighted by Gasteiger charge is 2.32. The average Bonchev–Trinajstić information content (AvgIpc) is 2.76. The Hall–Kier alpha value is -3.51. The van der Waals surface area contributed by atoms with E-state index >= 15 is 0 Å². The van der Waals surface area contributed by atoms with Crippen LogP contribution >= 0.6 is 0 Å². The van der Waals surface area contributed by atoms with Crippen molar-refractivity contribution < 1.29 is 34.2 Å². The number of carbonyl (C=O) groups excluding carboxylic acids is 4. The van der Waals surface area contributed by atoms with Crippen LogP contribution in [0.3, 0.4) is 0 Å². The number of aliphatic hydroxyl groups excluding tert-OH is 1. The van der Waals surface area contributed by atoms with E-state index in [2.05, 4.69) is 16.0 Å². The molecule has 0 aliphatic rings. The summed E-state index contributed by atoms with van der Waals surface area (Å²) in [4.78, 5) is 61.4. The van der Waals surface area contributed by atoms with Gasteiger partial charge in [-0.1, -0.05) is 44.2 Å². The number of aliphatic hydroxyl groups is 1. The van der Waals surface area contributed by atoms with Gasteiger partial charge in [0.15, 0.2) is 0 Å². The van der Waals surface area contributed by atoms with Crippen molar-refractivity contribution in [3.8, 4) is 0 Å². The van der Waals surface area contributed by atoms with Crippen molar-refractivity contribution >= 4 is 29.6 Å². The third-order valence-electron chi connectivity index (χ3n) is 5.10. The minimum Gasteiger partial charge on any atom is -0.480 e. The van der Waals surface area contributed by atoms with E-state index in [0.29, 0.717) is 5.56 Å². The first-order valence-corrected chi connectivity index (χ1v) is 11.2. The highest BCUT2D eigenvalue weighted by Crippen LogP contribution is 2.08. The van der Waals surface area contributed by atoms with E-state index in [-0.39, 0.29) is 18.8 Å². The highest BCUT2D eigenvalue weighted by atomic mass is 16.4. The Balaban J connectivity index is 3.11. The summed E-state index contributed by atoms with van der Waals surface area (Å²) in [6.45, 7) is 4.87. The fourth-order valence-corrected chi connectivity index (χ4v) is 3.19. The number of benzene rings is 1. The third-order valence-corrected chi connectivity index (χ3v) is 5.10. The van der Waals surface area contributed by atoms with Crippen LogP contribution in [0.15, 0.2) is 30.3 Å². The van der Waals surface area contributed by atoms with Crippen molar-refractivity contribution in [1.29, 1.82) is 0 Å². The molecule has 0 aromatic heterocycles. The van der Waals surface area contributed by atoms with Gasteiger partial charge in [-0.15, -0.1) is 0 Å². The molecule has 12 nitrogen and oxygen atoms in total. The van der Waals surface area contributed by atoms with Crippen LogP contribution in [0.1, 0.15) is 39.2 Å². The zero-order valence-corrected chi connectivity index (χ0v) is 20.1. The van der Waals surface area contributed by atoms with Gasteiger partial charge in [-0.25, -0.2) is 4.79 Å². The quantitative estimate of drug-likeness (QED) is 0.160. The topological polar surface area (TPSA) is 214 Å². The number of nitrogens with two attached hydrogens (primary N) is 2. The lowest BCUT2D eigenvalue weighted by Gasteiger charge is -2.25. The summed E-state index contributed by atoms with van der Waals surface area (Å²) >= 11 is 0. The van der Waals surface area contributed by atoms with Gasteiger partial charge >= 0.3 is 5.97 Å². The van der Waals surface area contributed by atoms with Crippen molar-refractivity contribution in [1.82, 2.24) is 16.0 Å². The molecule has 4 amide bonds. The maximum absolute atomic E-state index is 13.1. The molecule has 9 N–H and O–H groups in total. The fraction of sp³-hybridized carbons (Fsp3) is 0.522. The van der Waals surface area contributed by atoms with Gasteiger partial charge in [0.05, 0.1) is 12.5 Å². The molecule has 0 spiro atoms. The monoisotopic (exact) mass is 493 g/mol. The van der Waals surface area contributed by atoms with Gasteiger partial charge < -0.3 is 37.6 Å². The smallest absolute Gasteiger partial charge is 0.326 e. The van der Waals surface area contributed by atoms with Crippen molar-refractivity contribution in [2.24, 2.45) is 17.4 Å². The van der Waals surface area contributed by atoms with Gasteiger partial charge in [0.1, 0.15) is 24.2 Å². The Bertz CT molecular complexity index is 892. The van der Waals surface area contributed by atoms with Crippen LogP contribution in [0.4, 0.5) is 0 Å².